The molecular formula is C17H19ClN6O3S2. The van der Waals surface area contributed by atoms with Crippen LogP contribution in [0.5, 0.6) is 0 Å². The van der Waals surface area contributed by atoms with Gasteiger partial charge in [-0.15, -0.1) is 11.3 Å². The van der Waals surface area contributed by atoms with Crippen molar-refractivity contribution in [3.05, 3.63) is 33.0 Å². The number of nitrogens with zero attached hydrogens (tertiary/aromatic N) is 5. The normalized spacial score (nSPS) is 15.6. The maximum absolute atomic E-state index is 13.1. The number of thiazole rings is 1. The fourth-order valence-electron chi connectivity index (χ4n) is 3.08. The summed E-state index contributed by atoms with van der Waals surface area (Å²) >= 11 is 7.02. The second-order valence-electron chi connectivity index (χ2n) is 6.89. The van der Waals surface area contributed by atoms with Crippen molar-refractivity contribution < 1.29 is 8.42 Å². The number of fused-ring (bicyclic) bond motifs is 1. The highest BCUT2D eigenvalue weighted by Gasteiger charge is 2.32. The van der Waals surface area contributed by atoms with Crippen LogP contribution in [0.4, 0.5) is 5.82 Å². The van der Waals surface area contributed by atoms with Crippen LogP contribution in [-0.2, 0) is 16.4 Å². The zero-order chi connectivity index (χ0) is 20.8. The number of rotatable bonds is 7. The van der Waals surface area contributed by atoms with E-state index in [4.69, 9.17) is 11.6 Å². The molecule has 0 aromatic carbocycles. The number of sulfone groups is 1. The Morgan fingerprint density at radius 3 is 2.76 bits per heavy atom. The van der Waals surface area contributed by atoms with E-state index in [2.05, 4.69) is 25.3 Å². The van der Waals surface area contributed by atoms with Crippen LogP contribution in [0.2, 0.25) is 5.28 Å². The second kappa shape index (κ2) is 7.62. The second-order valence-corrected chi connectivity index (χ2v) is 10.8. The summed E-state index contributed by atoms with van der Waals surface area (Å²) in [5.41, 5.74) is 0.563. The molecule has 0 unspecified atom stereocenters. The van der Waals surface area contributed by atoms with Crippen LogP contribution in [0.1, 0.15) is 37.7 Å². The van der Waals surface area contributed by atoms with Gasteiger partial charge in [0.25, 0.3) is 5.56 Å². The fourth-order valence-corrected chi connectivity index (χ4v) is 5.45. The predicted molar refractivity (Wildman–Crippen MR) is 111 cm³/mol. The Morgan fingerprint density at radius 1 is 1.31 bits per heavy atom. The van der Waals surface area contributed by atoms with Crippen molar-refractivity contribution in [2.75, 3.05) is 11.1 Å². The molecule has 154 valence electrons. The highest BCUT2D eigenvalue weighted by molar-refractivity contribution is 7.93. The predicted octanol–water partition coefficient (Wildman–Crippen LogP) is 2.67. The summed E-state index contributed by atoms with van der Waals surface area (Å²) < 4.78 is 25.8. The topological polar surface area (TPSA) is 120 Å². The number of hydrogen-bond acceptors (Lipinski definition) is 9. The van der Waals surface area contributed by atoms with Crippen LogP contribution in [0.3, 0.4) is 0 Å². The molecule has 0 saturated heterocycles. The third-order valence-corrected chi connectivity index (χ3v) is 8.40. The Kier molecular flexibility index (Phi) is 5.30. The minimum absolute atomic E-state index is 0.0145. The molecule has 0 amide bonds. The molecule has 1 saturated carbocycles. The zero-order valence-corrected chi connectivity index (χ0v) is 18.2. The molecule has 9 nitrogen and oxygen atoms in total. The minimum Gasteiger partial charge on any atom is -0.359 e. The van der Waals surface area contributed by atoms with Crippen LogP contribution < -0.4 is 10.9 Å². The Bertz CT molecular complexity index is 1240. The molecule has 1 aliphatic rings. The van der Waals surface area contributed by atoms with E-state index in [-0.39, 0.29) is 39.2 Å². The summed E-state index contributed by atoms with van der Waals surface area (Å²) in [5.74, 6) is 0.576. The summed E-state index contributed by atoms with van der Waals surface area (Å²) in [6, 6.07) is -0.0410. The maximum Gasteiger partial charge on any atom is 0.295 e. The summed E-state index contributed by atoms with van der Waals surface area (Å²) in [4.78, 5) is 29.8. The van der Waals surface area contributed by atoms with Crippen LogP contribution >= 0.6 is 22.9 Å². The molecule has 3 aromatic rings. The molecule has 1 N–H and O–H groups in total. The maximum atomic E-state index is 13.1. The van der Waals surface area contributed by atoms with Crippen LogP contribution in [-0.4, -0.2) is 38.7 Å². The smallest absolute Gasteiger partial charge is 0.295 e. The van der Waals surface area contributed by atoms with E-state index in [1.807, 2.05) is 6.92 Å². The molecule has 0 bridgehead atoms. The molecule has 12 heteroatoms. The first-order chi connectivity index (χ1) is 13.8. The lowest BCUT2D eigenvalue weighted by Gasteiger charge is -2.17. The van der Waals surface area contributed by atoms with Crippen molar-refractivity contribution >= 4 is 49.8 Å². The van der Waals surface area contributed by atoms with Crippen LogP contribution in [0, 0.1) is 5.92 Å². The number of aromatic nitrogens is 5. The van der Waals surface area contributed by atoms with Crippen LogP contribution in [0.25, 0.3) is 11.2 Å². The van der Waals surface area contributed by atoms with Gasteiger partial charge in [0.05, 0.1) is 24.7 Å². The molecule has 3 aromatic heterocycles. The molecule has 3 heterocycles. The van der Waals surface area contributed by atoms with E-state index in [1.54, 1.807) is 11.5 Å². The van der Waals surface area contributed by atoms with Gasteiger partial charge in [-0.2, -0.15) is 4.98 Å². The summed E-state index contributed by atoms with van der Waals surface area (Å²) in [6.07, 6.45) is 4.96. The average molecular weight is 455 g/mol. The van der Waals surface area contributed by atoms with Crippen molar-refractivity contribution in [3.8, 4) is 0 Å². The number of hydrogen-bond donors (Lipinski definition) is 1. The fraction of sp³-hybridized carbons (Fsp3) is 0.471. The molecule has 1 aliphatic carbocycles. The first-order valence-electron chi connectivity index (χ1n) is 9.16. The Labute approximate surface area is 176 Å². The van der Waals surface area contributed by atoms with E-state index < -0.39 is 9.84 Å². The first-order valence-corrected chi connectivity index (χ1v) is 12.0. The van der Waals surface area contributed by atoms with Gasteiger partial charge in [0, 0.05) is 6.04 Å². The Hall–Kier alpha value is -2.11. The van der Waals surface area contributed by atoms with Gasteiger partial charge in [-0.25, -0.2) is 23.4 Å². The highest BCUT2D eigenvalue weighted by Crippen LogP contribution is 2.39. The molecule has 4 rings (SSSR count). The van der Waals surface area contributed by atoms with Gasteiger partial charge >= 0.3 is 0 Å². The molecule has 0 radical (unpaired) electrons. The summed E-state index contributed by atoms with van der Waals surface area (Å²) in [6.45, 7) is 3.76. The van der Waals surface area contributed by atoms with Gasteiger partial charge in [0.2, 0.25) is 5.28 Å². The number of anilines is 1. The molecule has 1 fully saturated rings. The summed E-state index contributed by atoms with van der Waals surface area (Å²) in [7, 11) is -3.30. The average Bonchev–Trinajstić information content (AvgIpc) is 3.43. The van der Waals surface area contributed by atoms with Gasteiger partial charge in [0.15, 0.2) is 21.3 Å². The van der Waals surface area contributed by atoms with Crippen molar-refractivity contribution in [2.24, 2.45) is 5.92 Å². The van der Waals surface area contributed by atoms with Gasteiger partial charge in [-0.05, 0) is 37.3 Å². The summed E-state index contributed by atoms with van der Waals surface area (Å²) in [5, 5.41) is 3.60. The Morgan fingerprint density at radius 2 is 2.07 bits per heavy atom. The lowest BCUT2D eigenvalue weighted by molar-refractivity contribution is 0.482. The minimum atomic E-state index is -3.30. The van der Waals surface area contributed by atoms with Gasteiger partial charge in [0.1, 0.15) is 14.7 Å². The SMILES string of the molecule is CCS(=O)(=O)c1cnc(CNc2nc3cnc(Cl)nc3n([C@@H](C)C3CC3)c2=O)s1. The van der Waals surface area contributed by atoms with Gasteiger partial charge in [-0.3, -0.25) is 9.36 Å². The molecule has 29 heavy (non-hydrogen) atoms. The molecular weight excluding hydrogens is 436 g/mol. The Balaban J connectivity index is 1.68. The number of halogens is 1. The van der Waals surface area contributed by atoms with Crippen molar-refractivity contribution in [1.29, 1.82) is 0 Å². The zero-order valence-electron chi connectivity index (χ0n) is 15.8. The third-order valence-electron chi connectivity index (χ3n) is 4.94. The van der Waals surface area contributed by atoms with E-state index in [1.165, 1.54) is 12.4 Å². The van der Waals surface area contributed by atoms with Gasteiger partial charge < -0.3 is 5.32 Å². The number of nitrogens with one attached hydrogen (secondary N) is 1. The van der Waals surface area contributed by atoms with Gasteiger partial charge in [-0.1, -0.05) is 6.92 Å². The quantitative estimate of drug-likeness (QED) is 0.541. The largest absolute Gasteiger partial charge is 0.359 e. The standard InChI is InChI=1S/C17H19ClN6O3S2/c1-3-29(26,27)13-8-19-12(28-13)7-20-14-16(25)24(9(2)10-4-5-10)15-11(22-14)6-21-17(18)23-15/h6,8-10H,3-5,7H2,1-2H3,(H,20,22)/t9-/m0/s1. The van der Waals surface area contributed by atoms with E-state index >= 15 is 0 Å². The van der Waals surface area contributed by atoms with E-state index in [0.29, 0.717) is 22.1 Å². The van der Waals surface area contributed by atoms with Crippen molar-refractivity contribution in [1.82, 2.24) is 24.5 Å². The van der Waals surface area contributed by atoms with Crippen LogP contribution in [0.15, 0.2) is 21.4 Å². The lowest BCUT2D eigenvalue weighted by Crippen LogP contribution is -2.29. The highest BCUT2D eigenvalue weighted by atomic mass is 35.5. The monoisotopic (exact) mass is 454 g/mol. The van der Waals surface area contributed by atoms with E-state index in [0.717, 1.165) is 24.2 Å². The first kappa shape index (κ1) is 20.2. The van der Waals surface area contributed by atoms with Crippen molar-refractivity contribution in [2.45, 2.75) is 43.5 Å². The molecule has 0 aliphatic heterocycles. The molecule has 1 atom stereocenters. The van der Waals surface area contributed by atoms with Crippen molar-refractivity contribution in [3.63, 3.8) is 0 Å². The third kappa shape index (κ3) is 3.99. The molecule has 0 spiro atoms. The van der Waals surface area contributed by atoms with E-state index in [9.17, 15) is 13.2 Å². The lowest BCUT2D eigenvalue weighted by atomic mass is 10.2.